The van der Waals surface area contributed by atoms with Gasteiger partial charge in [-0.25, -0.2) is 13.2 Å². The zero-order chi connectivity index (χ0) is 25.0. The lowest BCUT2D eigenvalue weighted by atomic mass is 10.2. The van der Waals surface area contributed by atoms with Crippen LogP contribution in [0.2, 0.25) is 0 Å². The maximum atomic E-state index is 13.3. The minimum atomic E-state index is -4.06. The third-order valence-corrected chi connectivity index (χ3v) is 7.51. The molecule has 2 heterocycles. The van der Waals surface area contributed by atoms with Crippen molar-refractivity contribution in [1.29, 1.82) is 0 Å². The summed E-state index contributed by atoms with van der Waals surface area (Å²) in [6.07, 6.45) is 3.35. The molecule has 0 saturated carbocycles. The quantitative estimate of drug-likeness (QED) is 0.479. The maximum Gasteiger partial charge on any atom is 0.340 e. The average Bonchev–Trinajstić information content (AvgIpc) is 3.48. The molecule has 2 amide bonds. The van der Waals surface area contributed by atoms with Crippen LogP contribution < -0.4 is 5.32 Å². The first-order valence-corrected chi connectivity index (χ1v) is 13.1. The fourth-order valence-electron chi connectivity index (χ4n) is 4.22. The second kappa shape index (κ2) is 10.3. The van der Waals surface area contributed by atoms with Gasteiger partial charge in [0.1, 0.15) is 12.3 Å². The smallest absolute Gasteiger partial charge is 0.340 e. The molecule has 1 aromatic heterocycles. The Bertz CT molecular complexity index is 1370. The lowest BCUT2D eigenvalue weighted by Gasteiger charge is -2.15. The molecule has 0 atom stereocenters. The lowest BCUT2D eigenvalue weighted by molar-refractivity contribution is -0.130. The lowest BCUT2D eigenvalue weighted by Crippen LogP contribution is -2.30. The summed E-state index contributed by atoms with van der Waals surface area (Å²) < 4.78 is 33.1. The summed E-state index contributed by atoms with van der Waals surface area (Å²) in [5.41, 5.74) is 0.911. The number of ether oxygens (including phenoxy) is 1. The maximum absolute atomic E-state index is 13.3. The van der Waals surface area contributed by atoms with Crippen LogP contribution in [0.5, 0.6) is 0 Å². The number of aromatic nitrogens is 1. The zero-order valence-corrected chi connectivity index (χ0v) is 20.2. The molecule has 1 N–H and O–H groups in total. The second-order valence-corrected chi connectivity index (χ2v) is 10.3. The van der Waals surface area contributed by atoms with E-state index in [0.29, 0.717) is 24.0 Å². The number of esters is 1. The summed E-state index contributed by atoms with van der Waals surface area (Å²) in [6, 6.07) is 13.1. The predicted octanol–water partition coefficient (Wildman–Crippen LogP) is 2.85. The first-order valence-electron chi connectivity index (χ1n) is 11.4. The number of para-hydroxylation sites is 2. The molecular weight excluding hydrogens is 470 g/mol. The van der Waals surface area contributed by atoms with Crippen LogP contribution in [0.3, 0.4) is 0 Å². The Labute approximate surface area is 203 Å². The van der Waals surface area contributed by atoms with Gasteiger partial charge in [0.25, 0.3) is 0 Å². The molecule has 9 nitrogen and oxygen atoms in total. The van der Waals surface area contributed by atoms with Crippen molar-refractivity contribution in [3.8, 4) is 0 Å². The number of benzene rings is 2. The van der Waals surface area contributed by atoms with Crippen LogP contribution in [0.4, 0.5) is 5.69 Å². The van der Waals surface area contributed by atoms with Crippen LogP contribution >= 0.6 is 0 Å². The number of sulfone groups is 1. The van der Waals surface area contributed by atoms with E-state index in [1.807, 2.05) is 0 Å². The van der Waals surface area contributed by atoms with Crippen molar-refractivity contribution in [2.75, 3.05) is 30.8 Å². The van der Waals surface area contributed by atoms with Crippen LogP contribution in [0.15, 0.2) is 59.6 Å². The van der Waals surface area contributed by atoms with Gasteiger partial charge >= 0.3 is 5.97 Å². The first-order chi connectivity index (χ1) is 16.8. The van der Waals surface area contributed by atoms with E-state index in [2.05, 4.69) is 5.32 Å². The van der Waals surface area contributed by atoms with Crippen molar-refractivity contribution in [2.45, 2.75) is 31.2 Å². The van der Waals surface area contributed by atoms with E-state index in [4.69, 9.17) is 4.74 Å². The van der Waals surface area contributed by atoms with Gasteiger partial charge < -0.3 is 19.5 Å². The van der Waals surface area contributed by atoms with E-state index >= 15 is 0 Å². The van der Waals surface area contributed by atoms with E-state index in [0.717, 1.165) is 12.8 Å². The van der Waals surface area contributed by atoms with Gasteiger partial charge in [-0.15, -0.1) is 0 Å². The summed E-state index contributed by atoms with van der Waals surface area (Å²) in [6.45, 7) is 3.27. The van der Waals surface area contributed by atoms with Gasteiger partial charge in [-0.2, -0.15) is 0 Å². The Morgan fingerprint density at radius 2 is 1.69 bits per heavy atom. The van der Waals surface area contributed by atoms with E-state index in [-0.39, 0.29) is 35.2 Å². The van der Waals surface area contributed by atoms with Crippen molar-refractivity contribution in [1.82, 2.24) is 9.47 Å². The summed E-state index contributed by atoms with van der Waals surface area (Å²) in [7, 11) is -4.06. The monoisotopic (exact) mass is 497 g/mol. The van der Waals surface area contributed by atoms with Gasteiger partial charge in [0.05, 0.1) is 22.8 Å². The number of carbonyl (C=O) groups excluding carboxylic acids is 3. The van der Waals surface area contributed by atoms with Gasteiger partial charge in [0.15, 0.2) is 9.84 Å². The van der Waals surface area contributed by atoms with E-state index in [9.17, 15) is 22.8 Å². The highest BCUT2D eigenvalue weighted by Gasteiger charge is 2.26. The number of anilines is 1. The molecule has 3 aromatic rings. The molecule has 0 aliphatic carbocycles. The molecule has 10 heteroatoms. The molecule has 0 unspecified atom stereocenters. The highest BCUT2D eigenvalue weighted by Crippen LogP contribution is 2.27. The van der Waals surface area contributed by atoms with Gasteiger partial charge in [0, 0.05) is 30.2 Å². The molecule has 1 aliphatic rings. The number of hydrogen-bond acceptors (Lipinski definition) is 6. The van der Waals surface area contributed by atoms with E-state index < -0.39 is 27.5 Å². The number of fused-ring (bicyclic) bond motifs is 1. The number of nitrogens with zero attached hydrogens (tertiary/aromatic N) is 2. The topological polar surface area (TPSA) is 115 Å². The third-order valence-electron chi connectivity index (χ3n) is 5.87. The molecule has 1 aliphatic heterocycles. The molecule has 184 valence electrons. The highest BCUT2D eigenvalue weighted by atomic mass is 32.2. The highest BCUT2D eigenvalue weighted by molar-refractivity contribution is 7.92. The second-order valence-electron chi connectivity index (χ2n) is 8.30. The standard InChI is InChI=1S/C25H27N3O6S/c1-2-34-25(31)18-9-3-5-11-20(18)26-23(29)17-35(32,33)22-15-28(21-12-6-4-10-19(21)22)16-24(30)27-13-7-8-14-27/h3-6,9-12,15H,2,7-8,13-14,16-17H2,1H3,(H,26,29). The van der Waals surface area contributed by atoms with E-state index in [1.165, 1.54) is 18.3 Å². The minimum Gasteiger partial charge on any atom is -0.462 e. The van der Waals surface area contributed by atoms with Crippen molar-refractivity contribution in [3.63, 3.8) is 0 Å². The normalized spacial score (nSPS) is 13.7. The summed E-state index contributed by atoms with van der Waals surface area (Å²) in [4.78, 5) is 39.3. The summed E-state index contributed by atoms with van der Waals surface area (Å²) in [5.74, 6) is -2.29. The molecule has 0 spiro atoms. The van der Waals surface area contributed by atoms with Gasteiger partial charge in [-0.1, -0.05) is 30.3 Å². The number of nitrogens with one attached hydrogen (secondary N) is 1. The van der Waals surface area contributed by atoms with Crippen LogP contribution in [0.25, 0.3) is 10.9 Å². The average molecular weight is 498 g/mol. The molecule has 1 saturated heterocycles. The van der Waals surface area contributed by atoms with Gasteiger partial charge in [-0.3, -0.25) is 9.59 Å². The molecule has 0 radical (unpaired) electrons. The number of likely N-dealkylation sites (tertiary alicyclic amines) is 1. The SMILES string of the molecule is CCOC(=O)c1ccccc1NC(=O)CS(=O)(=O)c1cn(CC(=O)N2CCCC2)c2ccccc12. The van der Waals surface area contributed by atoms with Crippen molar-refractivity contribution in [3.05, 3.63) is 60.3 Å². The van der Waals surface area contributed by atoms with Gasteiger partial charge in [0.2, 0.25) is 11.8 Å². The van der Waals surface area contributed by atoms with Crippen molar-refractivity contribution < 1.29 is 27.5 Å². The molecule has 1 fully saturated rings. The Morgan fingerprint density at radius 1 is 1.00 bits per heavy atom. The Morgan fingerprint density at radius 3 is 2.43 bits per heavy atom. The Kier molecular flexibility index (Phi) is 7.20. The third kappa shape index (κ3) is 5.37. The van der Waals surface area contributed by atoms with Crippen LogP contribution in [-0.2, 0) is 30.7 Å². The summed E-state index contributed by atoms with van der Waals surface area (Å²) in [5, 5.41) is 2.96. The molecule has 2 aromatic carbocycles. The fraction of sp³-hybridized carbons (Fsp3) is 0.320. The number of rotatable bonds is 8. The Hall–Kier alpha value is -3.66. The van der Waals surface area contributed by atoms with Crippen molar-refractivity contribution >= 4 is 44.2 Å². The van der Waals surface area contributed by atoms with Gasteiger partial charge in [-0.05, 0) is 38.0 Å². The minimum absolute atomic E-state index is 0.0175. The van der Waals surface area contributed by atoms with Crippen LogP contribution in [-0.4, -0.2) is 61.1 Å². The summed E-state index contributed by atoms with van der Waals surface area (Å²) >= 11 is 0. The molecule has 35 heavy (non-hydrogen) atoms. The van der Waals surface area contributed by atoms with Crippen LogP contribution in [0.1, 0.15) is 30.1 Å². The van der Waals surface area contributed by atoms with Crippen molar-refractivity contribution in [2.24, 2.45) is 0 Å². The number of amides is 2. The predicted molar refractivity (Wildman–Crippen MR) is 131 cm³/mol. The van der Waals surface area contributed by atoms with Crippen LogP contribution in [0, 0.1) is 0 Å². The number of carbonyl (C=O) groups is 3. The zero-order valence-electron chi connectivity index (χ0n) is 19.4. The molecule has 4 rings (SSSR count). The largest absolute Gasteiger partial charge is 0.462 e. The molecular formula is C25H27N3O6S. The fourth-order valence-corrected chi connectivity index (χ4v) is 5.59. The Balaban J connectivity index is 1.57. The molecule has 0 bridgehead atoms. The van der Waals surface area contributed by atoms with E-state index in [1.54, 1.807) is 52.8 Å². The number of hydrogen-bond donors (Lipinski definition) is 1. The first kappa shape index (κ1) is 24.5.